The molecule has 4 heterocycles. The van der Waals surface area contributed by atoms with Gasteiger partial charge in [0.05, 0.1) is 28.8 Å². The van der Waals surface area contributed by atoms with Crippen molar-refractivity contribution in [1.82, 2.24) is 24.9 Å². The molecule has 2 N–H and O–H groups in total. The highest BCUT2D eigenvalue weighted by molar-refractivity contribution is 7.91. The molecule has 4 aromatic rings. The number of aromatic amines is 1. The zero-order valence-electron chi connectivity index (χ0n) is 21.3. The summed E-state index contributed by atoms with van der Waals surface area (Å²) in [7, 11) is -2.94. The summed E-state index contributed by atoms with van der Waals surface area (Å²) >= 11 is 0. The Bertz CT molecular complexity index is 1750. The minimum atomic E-state index is -2.94. The molecule has 11 heteroatoms. The molecule has 0 unspecified atom stereocenters. The van der Waals surface area contributed by atoms with Gasteiger partial charge < -0.3 is 10.1 Å². The summed E-state index contributed by atoms with van der Waals surface area (Å²) in [5.74, 6) is 1.08. The smallest absolute Gasteiger partial charge is 0.272 e. The number of ether oxygens (including phenoxy) is 1. The third kappa shape index (κ3) is 4.38. The van der Waals surface area contributed by atoms with Gasteiger partial charge in [-0.3, -0.25) is 14.0 Å². The largest absolute Gasteiger partial charge is 0.490 e. The minimum Gasteiger partial charge on any atom is -0.490 e. The van der Waals surface area contributed by atoms with E-state index < -0.39 is 9.84 Å². The maximum Gasteiger partial charge on any atom is 0.272 e. The van der Waals surface area contributed by atoms with Crippen molar-refractivity contribution in [3.63, 3.8) is 0 Å². The molecule has 10 nitrogen and oxygen atoms in total. The molecule has 3 aromatic heterocycles. The number of aromatic nitrogens is 4. The Morgan fingerprint density at radius 2 is 1.82 bits per heavy atom. The average Bonchev–Trinajstić information content (AvgIpc) is 3.30. The van der Waals surface area contributed by atoms with Crippen LogP contribution < -0.4 is 15.6 Å². The third-order valence-corrected chi connectivity index (χ3v) is 10.4. The van der Waals surface area contributed by atoms with Crippen molar-refractivity contribution in [1.29, 1.82) is 0 Å². The van der Waals surface area contributed by atoms with Crippen LogP contribution in [0, 0.1) is 5.41 Å². The van der Waals surface area contributed by atoms with E-state index >= 15 is 0 Å². The number of amides is 1. The number of sulfone groups is 1. The SMILES string of the molecule is O=C(N[C@H]1CC2(C1)C[C@H](c1n[nH]c(=O)c3ccccc31)C2)c1cnc2cc(OC3CCS(=O)(=O)CC3)ccn12. The summed E-state index contributed by atoms with van der Waals surface area (Å²) in [6, 6.07) is 11.3. The number of benzene rings is 1. The highest BCUT2D eigenvalue weighted by Crippen LogP contribution is 2.62. The molecule has 3 aliphatic rings. The summed E-state index contributed by atoms with van der Waals surface area (Å²) in [6.45, 7) is 0. The van der Waals surface area contributed by atoms with Crippen LogP contribution in [0.25, 0.3) is 16.4 Å². The van der Waals surface area contributed by atoms with Crippen LogP contribution in [-0.4, -0.2) is 57.6 Å². The van der Waals surface area contributed by atoms with Gasteiger partial charge >= 0.3 is 0 Å². The van der Waals surface area contributed by atoms with Gasteiger partial charge in [0.1, 0.15) is 23.2 Å². The van der Waals surface area contributed by atoms with Crippen LogP contribution in [0.2, 0.25) is 0 Å². The highest BCUT2D eigenvalue weighted by atomic mass is 32.2. The molecule has 3 fully saturated rings. The second-order valence-corrected chi connectivity index (χ2v) is 13.7. The van der Waals surface area contributed by atoms with Gasteiger partial charge in [0.15, 0.2) is 9.84 Å². The van der Waals surface area contributed by atoms with Crippen LogP contribution in [0.1, 0.15) is 60.6 Å². The number of nitrogens with zero attached hydrogens (tertiary/aromatic N) is 3. The summed E-state index contributed by atoms with van der Waals surface area (Å²) < 4.78 is 31.0. The summed E-state index contributed by atoms with van der Waals surface area (Å²) in [6.07, 6.45) is 8.06. The highest BCUT2D eigenvalue weighted by Gasteiger charge is 2.54. The van der Waals surface area contributed by atoms with Crippen molar-refractivity contribution in [2.75, 3.05) is 11.5 Å². The van der Waals surface area contributed by atoms with Crippen molar-refractivity contribution >= 4 is 32.2 Å². The topological polar surface area (TPSA) is 136 Å². The maximum absolute atomic E-state index is 13.1. The van der Waals surface area contributed by atoms with Crippen LogP contribution >= 0.6 is 0 Å². The maximum atomic E-state index is 13.1. The first kappa shape index (κ1) is 24.3. The van der Waals surface area contributed by atoms with Gasteiger partial charge in [0.2, 0.25) is 0 Å². The number of nitrogens with one attached hydrogen (secondary N) is 2. The van der Waals surface area contributed by atoms with Gasteiger partial charge in [-0.25, -0.2) is 18.5 Å². The second-order valence-electron chi connectivity index (χ2n) is 11.4. The minimum absolute atomic E-state index is 0.120. The van der Waals surface area contributed by atoms with Crippen LogP contribution in [0.3, 0.4) is 0 Å². The number of carbonyl (C=O) groups is 1. The quantitative estimate of drug-likeness (QED) is 0.392. The first-order valence-electron chi connectivity index (χ1n) is 13.4. The summed E-state index contributed by atoms with van der Waals surface area (Å²) in [5.41, 5.74) is 2.11. The molecule has 2 aliphatic carbocycles. The van der Waals surface area contributed by atoms with Crippen molar-refractivity contribution in [3.05, 3.63) is 70.5 Å². The Balaban J connectivity index is 0.959. The lowest BCUT2D eigenvalue weighted by atomic mass is 9.49. The molecule has 39 heavy (non-hydrogen) atoms. The fraction of sp³-hybridized carbons (Fsp3) is 0.429. The van der Waals surface area contributed by atoms with E-state index in [2.05, 4.69) is 20.5 Å². The van der Waals surface area contributed by atoms with Gasteiger partial charge in [-0.1, -0.05) is 18.2 Å². The fourth-order valence-electron chi connectivity index (χ4n) is 6.69. The summed E-state index contributed by atoms with van der Waals surface area (Å²) in [5, 5.41) is 11.8. The molecule has 1 aromatic carbocycles. The van der Waals surface area contributed by atoms with Crippen LogP contribution in [0.5, 0.6) is 5.75 Å². The van der Waals surface area contributed by atoms with E-state index in [9.17, 15) is 18.0 Å². The fourth-order valence-corrected chi connectivity index (χ4v) is 8.14. The number of imidazole rings is 1. The number of hydrogen-bond donors (Lipinski definition) is 2. The molecule has 0 radical (unpaired) electrons. The lowest BCUT2D eigenvalue weighted by Gasteiger charge is -2.57. The molecule has 1 amide bonds. The molecule has 202 valence electrons. The molecule has 1 saturated heterocycles. The number of fused-ring (bicyclic) bond motifs is 2. The predicted octanol–water partition coefficient (Wildman–Crippen LogP) is 2.98. The van der Waals surface area contributed by atoms with E-state index in [4.69, 9.17) is 4.74 Å². The third-order valence-electron chi connectivity index (χ3n) is 8.69. The average molecular weight is 548 g/mol. The normalized spacial score (nSPS) is 26.3. The predicted molar refractivity (Wildman–Crippen MR) is 145 cm³/mol. The van der Waals surface area contributed by atoms with E-state index in [1.807, 2.05) is 24.3 Å². The standard InChI is InChI=1S/C28H29N5O5S/c34-26-22-4-2-1-3-21(22)25(31-32-26)17-12-28(13-17)14-18(15-28)30-27(35)23-16-29-24-11-20(5-8-33(23)24)38-19-6-9-39(36,37)10-7-19/h1-5,8,11,16-19H,6-7,9-10,12-15H2,(H,30,35)(H,32,34)/t17-,18-,28?. The number of hydrogen-bond acceptors (Lipinski definition) is 7. The Hall–Kier alpha value is -3.73. The first-order chi connectivity index (χ1) is 18.8. The zero-order valence-corrected chi connectivity index (χ0v) is 22.1. The van der Waals surface area contributed by atoms with E-state index in [1.165, 1.54) is 0 Å². The Kier molecular flexibility index (Phi) is 5.55. The number of carbonyl (C=O) groups excluding carboxylic acids is 1. The van der Waals surface area contributed by atoms with E-state index in [0.717, 1.165) is 36.8 Å². The van der Waals surface area contributed by atoms with Crippen LogP contribution in [-0.2, 0) is 9.84 Å². The van der Waals surface area contributed by atoms with E-state index in [1.54, 1.807) is 28.9 Å². The van der Waals surface area contributed by atoms with Gasteiger partial charge in [0.25, 0.3) is 11.5 Å². The van der Waals surface area contributed by atoms with Gasteiger partial charge in [0, 0.05) is 29.6 Å². The first-order valence-corrected chi connectivity index (χ1v) is 15.2. The monoisotopic (exact) mass is 547 g/mol. The number of pyridine rings is 1. The lowest BCUT2D eigenvalue weighted by molar-refractivity contribution is -0.0197. The van der Waals surface area contributed by atoms with Gasteiger partial charge in [-0.15, -0.1) is 0 Å². The molecule has 0 atom stereocenters. The number of H-pyrrole nitrogens is 1. The Morgan fingerprint density at radius 1 is 1.08 bits per heavy atom. The zero-order chi connectivity index (χ0) is 26.8. The lowest BCUT2D eigenvalue weighted by Crippen LogP contribution is -2.55. The molecule has 2 saturated carbocycles. The van der Waals surface area contributed by atoms with Crippen molar-refractivity contribution in [3.8, 4) is 5.75 Å². The van der Waals surface area contributed by atoms with Crippen molar-refractivity contribution in [2.45, 2.75) is 56.6 Å². The molecular weight excluding hydrogens is 518 g/mol. The molecule has 1 spiro atoms. The van der Waals surface area contributed by atoms with E-state index in [-0.39, 0.29) is 40.5 Å². The Labute approximate surface area is 224 Å². The molecular formula is C28H29N5O5S. The molecule has 0 bridgehead atoms. The second kappa shape index (κ2) is 8.90. The molecule has 1 aliphatic heterocycles. The van der Waals surface area contributed by atoms with Gasteiger partial charge in [-0.05, 0) is 56.1 Å². The van der Waals surface area contributed by atoms with Crippen molar-refractivity contribution in [2.24, 2.45) is 5.41 Å². The van der Waals surface area contributed by atoms with Crippen LogP contribution in [0.4, 0.5) is 0 Å². The van der Waals surface area contributed by atoms with E-state index in [0.29, 0.717) is 41.2 Å². The Morgan fingerprint density at radius 3 is 2.59 bits per heavy atom. The van der Waals surface area contributed by atoms with Crippen molar-refractivity contribution < 1.29 is 17.9 Å². The van der Waals surface area contributed by atoms with Gasteiger partial charge in [-0.2, -0.15) is 5.10 Å². The molecule has 7 rings (SSSR count). The number of rotatable bonds is 5. The summed E-state index contributed by atoms with van der Waals surface area (Å²) in [4.78, 5) is 29.6. The van der Waals surface area contributed by atoms with Crippen LogP contribution in [0.15, 0.2) is 53.6 Å².